The molecular formula is C21H23N5O2. The van der Waals surface area contributed by atoms with Crippen LogP contribution in [0.3, 0.4) is 0 Å². The van der Waals surface area contributed by atoms with Crippen LogP contribution >= 0.6 is 0 Å². The van der Waals surface area contributed by atoms with Gasteiger partial charge in [-0.2, -0.15) is 5.10 Å². The fraction of sp³-hybridized carbons (Fsp3) is 0.333. The summed E-state index contributed by atoms with van der Waals surface area (Å²) in [6.45, 7) is 3.38. The molecule has 0 spiro atoms. The van der Waals surface area contributed by atoms with Crippen LogP contribution in [0.5, 0.6) is 11.6 Å². The smallest absolute Gasteiger partial charge is 0.272 e. The van der Waals surface area contributed by atoms with E-state index in [1.54, 1.807) is 36.4 Å². The molecule has 28 heavy (non-hydrogen) atoms. The topological polar surface area (TPSA) is 73.1 Å². The molecule has 2 aromatic heterocycles. The van der Waals surface area contributed by atoms with Crippen molar-refractivity contribution in [1.29, 1.82) is 0 Å². The molecule has 0 bridgehead atoms. The number of rotatable bonds is 4. The van der Waals surface area contributed by atoms with Gasteiger partial charge in [-0.1, -0.05) is 12.1 Å². The lowest BCUT2D eigenvalue weighted by atomic mass is 9.93. The molecule has 0 radical (unpaired) electrons. The number of aryl methyl sites for hydroxylation is 2. The van der Waals surface area contributed by atoms with Crippen LogP contribution in [0.1, 0.15) is 40.5 Å². The van der Waals surface area contributed by atoms with Crippen molar-refractivity contribution in [2.45, 2.75) is 25.7 Å². The molecule has 7 nitrogen and oxygen atoms in total. The second kappa shape index (κ2) is 7.80. The van der Waals surface area contributed by atoms with Gasteiger partial charge in [0.1, 0.15) is 17.1 Å². The Hall–Kier alpha value is -3.22. The number of amides is 1. The summed E-state index contributed by atoms with van der Waals surface area (Å²) in [5.74, 6) is 1.54. The molecule has 1 aliphatic rings. The van der Waals surface area contributed by atoms with Crippen LogP contribution in [-0.2, 0) is 7.05 Å². The predicted molar refractivity (Wildman–Crippen MR) is 104 cm³/mol. The second-order valence-electron chi connectivity index (χ2n) is 7.07. The summed E-state index contributed by atoms with van der Waals surface area (Å²) in [6.07, 6.45) is 6.65. The third kappa shape index (κ3) is 3.74. The van der Waals surface area contributed by atoms with E-state index < -0.39 is 0 Å². The highest BCUT2D eigenvalue weighted by Gasteiger charge is 2.28. The summed E-state index contributed by atoms with van der Waals surface area (Å²) in [5, 5.41) is 4.09. The van der Waals surface area contributed by atoms with Crippen molar-refractivity contribution in [3.63, 3.8) is 0 Å². The Morgan fingerprint density at radius 2 is 1.89 bits per heavy atom. The first-order chi connectivity index (χ1) is 13.6. The van der Waals surface area contributed by atoms with Gasteiger partial charge in [-0.25, -0.2) is 4.98 Å². The van der Waals surface area contributed by atoms with Gasteiger partial charge in [0.05, 0.1) is 0 Å². The standard InChI is InChI=1S/C21H23N5O2/c1-15-4-3-5-17(14-15)28-20-19(22-10-11-23-20)16-7-12-26(13-8-16)21(27)18-6-9-24-25(18)2/h3-6,9-11,14,16H,7-8,12-13H2,1-2H3. The first-order valence-electron chi connectivity index (χ1n) is 9.44. The minimum Gasteiger partial charge on any atom is -0.437 e. The lowest BCUT2D eigenvalue weighted by Crippen LogP contribution is -2.39. The van der Waals surface area contributed by atoms with Gasteiger partial charge in [0, 0.05) is 44.6 Å². The van der Waals surface area contributed by atoms with E-state index in [0.29, 0.717) is 24.7 Å². The third-order valence-electron chi connectivity index (χ3n) is 5.10. The van der Waals surface area contributed by atoms with Gasteiger partial charge in [-0.05, 0) is 43.5 Å². The minimum absolute atomic E-state index is 0.0221. The maximum absolute atomic E-state index is 12.7. The average molecular weight is 377 g/mol. The fourth-order valence-electron chi connectivity index (χ4n) is 3.59. The van der Waals surface area contributed by atoms with E-state index >= 15 is 0 Å². The van der Waals surface area contributed by atoms with Crippen molar-refractivity contribution >= 4 is 5.91 Å². The highest BCUT2D eigenvalue weighted by molar-refractivity contribution is 5.92. The molecule has 0 saturated carbocycles. The molecule has 4 rings (SSSR count). The number of hydrogen-bond donors (Lipinski definition) is 0. The number of ether oxygens (including phenoxy) is 1. The van der Waals surface area contributed by atoms with Crippen molar-refractivity contribution in [3.05, 3.63) is 65.9 Å². The van der Waals surface area contributed by atoms with Gasteiger partial charge in [0.15, 0.2) is 0 Å². The van der Waals surface area contributed by atoms with Crippen molar-refractivity contribution < 1.29 is 9.53 Å². The van der Waals surface area contributed by atoms with Crippen molar-refractivity contribution in [2.75, 3.05) is 13.1 Å². The second-order valence-corrected chi connectivity index (χ2v) is 7.07. The van der Waals surface area contributed by atoms with Gasteiger partial charge in [0.2, 0.25) is 5.88 Å². The number of likely N-dealkylation sites (tertiary alicyclic amines) is 1. The zero-order valence-corrected chi connectivity index (χ0v) is 16.1. The van der Waals surface area contributed by atoms with Crippen LogP contribution in [0.15, 0.2) is 48.9 Å². The average Bonchev–Trinajstić information content (AvgIpc) is 3.14. The minimum atomic E-state index is 0.0221. The molecular weight excluding hydrogens is 354 g/mol. The van der Waals surface area contributed by atoms with E-state index in [-0.39, 0.29) is 11.8 Å². The van der Waals surface area contributed by atoms with Crippen molar-refractivity contribution in [3.8, 4) is 11.6 Å². The molecule has 3 heterocycles. The summed E-state index contributed by atoms with van der Waals surface area (Å²) < 4.78 is 7.64. The molecule has 3 aromatic rings. The van der Waals surface area contributed by atoms with Gasteiger partial charge in [0.25, 0.3) is 5.91 Å². The highest BCUT2D eigenvalue weighted by atomic mass is 16.5. The van der Waals surface area contributed by atoms with E-state index in [2.05, 4.69) is 15.1 Å². The molecule has 7 heteroatoms. The fourth-order valence-corrected chi connectivity index (χ4v) is 3.59. The number of carbonyl (C=O) groups is 1. The van der Waals surface area contributed by atoms with E-state index in [9.17, 15) is 4.79 Å². The zero-order chi connectivity index (χ0) is 19.5. The summed E-state index contributed by atoms with van der Waals surface area (Å²) >= 11 is 0. The quantitative estimate of drug-likeness (QED) is 0.697. The Bertz CT molecular complexity index is 976. The Morgan fingerprint density at radius 1 is 1.11 bits per heavy atom. The largest absolute Gasteiger partial charge is 0.437 e. The normalized spacial score (nSPS) is 14.9. The van der Waals surface area contributed by atoms with Crippen LogP contribution in [0.2, 0.25) is 0 Å². The first kappa shape index (κ1) is 18.2. The molecule has 1 amide bonds. The molecule has 0 unspecified atom stereocenters. The molecule has 1 aliphatic heterocycles. The Kier molecular flexibility index (Phi) is 5.06. The highest BCUT2D eigenvalue weighted by Crippen LogP contribution is 2.33. The zero-order valence-electron chi connectivity index (χ0n) is 16.1. The van der Waals surface area contributed by atoms with E-state index in [4.69, 9.17) is 4.74 Å². The Balaban J connectivity index is 1.46. The molecule has 0 N–H and O–H groups in total. The van der Waals surface area contributed by atoms with Crippen molar-refractivity contribution in [2.24, 2.45) is 7.05 Å². The SMILES string of the molecule is Cc1cccc(Oc2nccnc2C2CCN(C(=O)c3ccnn3C)CC2)c1. The van der Waals surface area contributed by atoms with Gasteiger partial charge in [-0.15, -0.1) is 0 Å². The first-order valence-corrected chi connectivity index (χ1v) is 9.44. The van der Waals surface area contributed by atoms with Crippen LogP contribution in [-0.4, -0.2) is 43.6 Å². The van der Waals surface area contributed by atoms with Crippen LogP contribution < -0.4 is 4.74 Å². The van der Waals surface area contributed by atoms with Crippen LogP contribution in [0.4, 0.5) is 0 Å². The third-order valence-corrected chi connectivity index (χ3v) is 5.10. The van der Waals surface area contributed by atoms with Crippen LogP contribution in [0.25, 0.3) is 0 Å². The molecule has 0 aliphatic carbocycles. The molecule has 1 aromatic carbocycles. The molecule has 1 fully saturated rings. The number of carbonyl (C=O) groups excluding carboxylic acids is 1. The summed E-state index contributed by atoms with van der Waals surface area (Å²) in [4.78, 5) is 23.5. The Morgan fingerprint density at radius 3 is 2.61 bits per heavy atom. The monoisotopic (exact) mass is 377 g/mol. The van der Waals surface area contributed by atoms with Crippen LogP contribution in [0, 0.1) is 6.92 Å². The van der Waals surface area contributed by atoms with E-state index in [1.165, 1.54) is 0 Å². The van der Waals surface area contributed by atoms with Crippen molar-refractivity contribution in [1.82, 2.24) is 24.6 Å². The molecule has 1 saturated heterocycles. The Labute approximate surface area is 164 Å². The van der Waals surface area contributed by atoms with Gasteiger partial charge in [-0.3, -0.25) is 14.5 Å². The summed E-state index contributed by atoms with van der Waals surface area (Å²) in [5.41, 5.74) is 2.60. The lowest BCUT2D eigenvalue weighted by Gasteiger charge is -2.32. The molecule has 0 atom stereocenters. The number of aromatic nitrogens is 4. The number of nitrogens with zero attached hydrogens (tertiary/aromatic N) is 5. The molecule has 144 valence electrons. The van der Waals surface area contributed by atoms with E-state index in [1.807, 2.05) is 36.1 Å². The number of hydrogen-bond acceptors (Lipinski definition) is 5. The van der Waals surface area contributed by atoms with Gasteiger partial charge >= 0.3 is 0 Å². The number of piperidine rings is 1. The maximum atomic E-state index is 12.7. The van der Waals surface area contributed by atoms with E-state index in [0.717, 1.165) is 29.8 Å². The maximum Gasteiger partial charge on any atom is 0.272 e. The summed E-state index contributed by atoms with van der Waals surface area (Å²) in [6, 6.07) is 9.64. The number of benzene rings is 1. The van der Waals surface area contributed by atoms with Gasteiger partial charge < -0.3 is 9.64 Å². The lowest BCUT2D eigenvalue weighted by molar-refractivity contribution is 0.0700. The summed E-state index contributed by atoms with van der Waals surface area (Å²) in [7, 11) is 1.79. The predicted octanol–water partition coefficient (Wildman–Crippen LogP) is 3.33.